The summed E-state index contributed by atoms with van der Waals surface area (Å²) < 4.78 is 0. The Labute approximate surface area is 146 Å². The number of carbonyl (C=O) groups is 2. The molecule has 132 valence electrons. The number of aromatic nitrogens is 3. The van der Waals surface area contributed by atoms with Gasteiger partial charge in [0.05, 0.1) is 0 Å². The molecule has 25 heavy (non-hydrogen) atoms. The molecule has 0 aromatic carbocycles. The van der Waals surface area contributed by atoms with E-state index in [9.17, 15) is 9.59 Å². The van der Waals surface area contributed by atoms with Crippen LogP contribution in [0.4, 0.5) is 5.82 Å². The Hall–Kier alpha value is -2.70. The zero-order valence-corrected chi connectivity index (χ0v) is 14.4. The number of hydrogen-bond donors (Lipinski definition) is 2. The van der Waals surface area contributed by atoms with Gasteiger partial charge in [-0.15, -0.1) is 0 Å². The number of carbonyl (C=O) groups excluding carboxylic acids is 2. The topological polar surface area (TPSA) is 91.0 Å². The summed E-state index contributed by atoms with van der Waals surface area (Å²) in [6.45, 7) is 3.64. The van der Waals surface area contributed by atoms with Crippen molar-refractivity contribution in [2.45, 2.75) is 39.0 Å². The second-order valence-corrected chi connectivity index (χ2v) is 6.24. The quantitative estimate of drug-likeness (QED) is 0.845. The van der Waals surface area contributed by atoms with Gasteiger partial charge in [0.1, 0.15) is 11.4 Å². The average molecular weight is 341 g/mol. The maximum absolute atomic E-state index is 12.4. The van der Waals surface area contributed by atoms with Gasteiger partial charge in [-0.25, -0.2) is 4.98 Å². The molecular weight excluding hydrogens is 318 g/mol. The van der Waals surface area contributed by atoms with E-state index in [0.717, 1.165) is 50.9 Å². The summed E-state index contributed by atoms with van der Waals surface area (Å²) in [5.41, 5.74) is 1.51. The number of pyridine rings is 1. The first-order valence-corrected chi connectivity index (χ1v) is 8.79. The highest BCUT2D eigenvalue weighted by Gasteiger charge is 2.21. The van der Waals surface area contributed by atoms with Gasteiger partial charge in [0.15, 0.2) is 5.82 Å². The lowest BCUT2D eigenvalue weighted by Gasteiger charge is -2.14. The molecule has 7 nitrogen and oxygen atoms in total. The van der Waals surface area contributed by atoms with Crippen molar-refractivity contribution in [2.75, 3.05) is 18.4 Å². The van der Waals surface area contributed by atoms with Crippen LogP contribution in [0, 0.1) is 0 Å². The summed E-state index contributed by atoms with van der Waals surface area (Å²) >= 11 is 0. The largest absolute Gasteiger partial charge is 0.337 e. The van der Waals surface area contributed by atoms with Crippen LogP contribution in [-0.2, 0) is 6.42 Å². The molecule has 3 rings (SSSR count). The Kier molecular flexibility index (Phi) is 5.42. The number of aryl methyl sites for hydroxylation is 1. The molecule has 2 aromatic rings. The van der Waals surface area contributed by atoms with E-state index in [0.29, 0.717) is 11.5 Å². The summed E-state index contributed by atoms with van der Waals surface area (Å²) in [7, 11) is 0. The predicted octanol–water partition coefficient (Wildman–Crippen LogP) is 2.64. The van der Waals surface area contributed by atoms with Gasteiger partial charge in [-0.2, -0.15) is 5.10 Å². The molecule has 0 atom stereocenters. The first kappa shape index (κ1) is 17.1. The SMILES string of the molecule is CCCCc1cc(NC(=O)c2cccc(C(=O)N3CCCC3)n2)n[nH]1. The van der Waals surface area contributed by atoms with Crippen molar-refractivity contribution in [2.24, 2.45) is 0 Å². The average Bonchev–Trinajstić information content (AvgIpc) is 3.31. The first-order chi connectivity index (χ1) is 12.2. The molecule has 1 aliphatic heterocycles. The minimum atomic E-state index is -0.371. The molecule has 1 saturated heterocycles. The van der Waals surface area contributed by atoms with Crippen molar-refractivity contribution >= 4 is 17.6 Å². The van der Waals surface area contributed by atoms with Crippen LogP contribution in [0.2, 0.25) is 0 Å². The molecule has 0 unspecified atom stereocenters. The number of hydrogen-bond acceptors (Lipinski definition) is 4. The number of nitrogens with one attached hydrogen (secondary N) is 2. The van der Waals surface area contributed by atoms with Crippen molar-refractivity contribution in [3.8, 4) is 0 Å². The van der Waals surface area contributed by atoms with Crippen molar-refractivity contribution in [1.29, 1.82) is 0 Å². The van der Waals surface area contributed by atoms with Crippen molar-refractivity contribution in [3.63, 3.8) is 0 Å². The van der Waals surface area contributed by atoms with E-state index < -0.39 is 0 Å². The van der Waals surface area contributed by atoms with E-state index in [2.05, 4.69) is 27.4 Å². The van der Waals surface area contributed by atoms with Gasteiger partial charge < -0.3 is 10.2 Å². The third-order valence-electron chi connectivity index (χ3n) is 4.27. The van der Waals surface area contributed by atoms with Crippen LogP contribution >= 0.6 is 0 Å². The molecule has 7 heteroatoms. The highest BCUT2D eigenvalue weighted by molar-refractivity contribution is 6.03. The number of likely N-dealkylation sites (tertiary alicyclic amines) is 1. The number of H-pyrrole nitrogens is 1. The van der Waals surface area contributed by atoms with Gasteiger partial charge in [-0.3, -0.25) is 14.7 Å². The van der Waals surface area contributed by atoms with Crippen LogP contribution in [0.5, 0.6) is 0 Å². The number of anilines is 1. The van der Waals surface area contributed by atoms with Crippen molar-refractivity contribution in [3.05, 3.63) is 41.3 Å². The lowest BCUT2D eigenvalue weighted by atomic mass is 10.2. The van der Waals surface area contributed by atoms with Crippen LogP contribution in [-0.4, -0.2) is 45.0 Å². The number of amides is 2. The molecule has 0 aliphatic carbocycles. The van der Waals surface area contributed by atoms with E-state index in [1.807, 2.05) is 6.07 Å². The zero-order valence-electron chi connectivity index (χ0n) is 14.4. The van der Waals surface area contributed by atoms with Crippen molar-refractivity contribution < 1.29 is 9.59 Å². The maximum Gasteiger partial charge on any atom is 0.275 e. The number of nitrogens with zero attached hydrogens (tertiary/aromatic N) is 3. The highest BCUT2D eigenvalue weighted by Crippen LogP contribution is 2.13. The smallest absolute Gasteiger partial charge is 0.275 e. The summed E-state index contributed by atoms with van der Waals surface area (Å²) in [4.78, 5) is 30.8. The lowest BCUT2D eigenvalue weighted by Crippen LogP contribution is -2.29. The molecule has 1 fully saturated rings. The Morgan fingerprint density at radius 3 is 2.76 bits per heavy atom. The van der Waals surface area contributed by atoms with E-state index in [-0.39, 0.29) is 17.5 Å². The second-order valence-electron chi connectivity index (χ2n) is 6.24. The third kappa shape index (κ3) is 4.23. The summed E-state index contributed by atoms with van der Waals surface area (Å²) in [6, 6.07) is 6.75. The lowest BCUT2D eigenvalue weighted by molar-refractivity contribution is 0.0787. The number of aromatic amines is 1. The van der Waals surface area contributed by atoms with Crippen LogP contribution in [0.15, 0.2) is 24.3 Å². The summed E-state index contributed by atoms with van der Waals surface area (Å²) in [5.74, 6) is -0.0208. The predicted molar refractivity (Wildman–Crippen MR) is 94.5 cm³/mol. The van der Waals surface area contributed by atoms with Crippen LogP contribution in [0.1, 0.15) is 59.3 Å². The standard InChI is InChI=1S/C18H23N5O2/c1-2-3-7-13-12-16(22-21-13)20-17(24)14-8-6-9-15(19-14)18(25)23-10-4-5-11-23/h6,8-9,12H,2-5,7,10-11H2,1H3,(H2,20,21,22,24). The van der Waals surface area contributed by atoms with Gasteiger partial charge in [-0.1, -0.05) is 19.4 Å². The molecule has 0 saturated carbocycles. The van der Waals surface area contributed by atoms with Crippen LogP contribution in [0.3, 0.4) is 0 Å². The Balaban J connectivity index is 1.66. The molecule has 0 radical (unpaired) electrons. The molecule has 2 N–H and O–H groups in total. The molecular formula is C18H23N5O2. The summed E-state index contributed by atoms with van der Waals surface area (Å²) in [5, 5.41) is 9.74. The Bertz CT molecular complexity index is 749. The normalized spacial score (nSPS) is 13.9. The van der Waals surface area contributed by atoms with Gasteiger partial charge >= 0.3 is 0 Å². The fourth-order valence-corrected chi connectivity index (χ4v) is 2.86. The number of unbranched alkanes of at least 4 members (excludes halogenated alkanes) is 1. The first-order valence-electron chi connectivity index (χ1n) is 8.79. The fourth-order valence-electron chi connectivity index (χ4n) is 2.86. The molecule has 2 amide bonds. The van der Waals surface area contributed by atoms with E-state index in [1.54, 1.807) is 23.1 Å². The van der Waals surface area contributed by atoms with Crippen molar-refractivity contribution in [1.82, 2.24) is 20.1 Å². The molecule has 0 bridgehead atoms. The van der Waals surface area contributed by atoms with Crippen LogP contribution in [0.25, 0.3) is 0 Å². The molecule has 2 aromatic heterocycles. The number of rotatable bonds is 6. The fraction of sp³-hybridized carbons (Fsp3) is 0.444. The molecule has 1 aliphatic rings. The van der Waals surface area contributed by atoms with Gasteiger partial charge in [0, 0.05) is 24.8 Å². The van der Waals surface area contributed by atoms with Gasteiger partial charge in [0.25, 0.3) is 11.8 Å². The Morgan fingerprint density at radius 1 is 1.24 bits per heavy atom. The minimum Gasteiger partial charge on any atom is -0.337 e. The third-order valence-corrected chi connectivity index (χ3v) is 4.27. The van der Waals surface area contributed by atoms with Crippen LogP contribution < -0.4 is 5.32 Å². The molecule has 0 spiro atoms. The maximum atomic E-state index is 12.4. The Morgan fingerprint density at radius 2 is 2.00 bits per heavy atom. The zero-order chi connectivity index (χ0) is 17.6. The monoisotopic (exact) mass is 341 g/mol. The van der Waals surface area contributed by atoms with E-state index in [4.69, 9.17) is 0 Å². The minimum absolute atomic E-state index is 0.117. The molecule has 3 heterocycles. The van der Waals surface area contributed by atoms with Gasteiger partial charge in [0.2, 0.25) is 0 Å². The second kappa shape index (κ2) is 7.92. The van der Waals surface area contributed by atoms with Gasteiger partial charge in [-0.05, 0) is 37.8 Å². The highest BCUT2D eigenvalue weighted by atomic mass is 16.2. The van der Waals surface area contributed by atoms with E-state index in [1.165, 1.54) is 0 Å². The summed E-state index contributed by atoms with van der Waals surface area (Å²) in [6.07, 6.45) is 5.11. The van der Waals surface area contributed by atoms with E-state index >= 15 is 0 Å².